The molecule has 2 atom stereocenters. The van der Waals surface area contributed by atoms with Gasteiger partial charge >= 0.3 is 6.09 Å². The summed E-state index contributed by atoms with van der Waals surface area (Å²) in [5.41, 5.74) is 0.613. The number of amides is 2. The molecule has 0 aliphatic carbocycles. The van der Waals surface area contributed by atoms with E-state index in [0.717, 1.165) is 0 Å². The lowest BCUT2D eigenvalue weighted by Gasteiger charge is -2.25. The number of non-ortho nitro benzene ring substituents is 1. The summed E-state index contributed by atoms with van der Waals surface area (Å²) in [6.07, 6.45) is -0.0422. The molecule has 1 fully saturated rings. The summed E-state index contributed by atoms with van der Waals surface area (Å²) in [5.74, 6) is -0.149. The predicted octanol–water partition coefficient (Wildman–Crippen LogP) is 2.16. The van der Waals surface area contributed by atoms with Crippen LogP contribution < -0.4 is 0 Å². The minimum atomic E-state index is -0.574. The fourth-order valence-corrected chi connectivity index (χ4v) is 3.13. The third-order valence-electron chi connectivity index (χ3n) is 3.72. The Bertz CT molecular complexity index is 635. The van der Waals surface area contributed by atoms with Crippen LogP contribution in [0.3, 0.4) is 0 Å². The lowest BCUT2D eigenvalue weighted by atomic mass is 10.2. The second-order valence-electron chi connectivity index (χ2n) is 5.71. The van der Waals surface area contributed by atoms with Gasteiger partial charge in [0.2, 0.25) is 5.91 Å². The van der Waals surface area contributed by atoms with Gasteiger partial charge in [-0.25, -0.2) is 4.79 Å². The number of rotatable bonds is 4. The highest BCUT2D eigenvalue weighted by atomic mass is 79.9. The molecule has 0 saturated carbocycles. The summed E-state index contributed by atoms with van der Waals surface area (Å²) < 4.78 is 5.25. The van der Waals surface area contributed by atoms with Gasteiger partial charge in [-0.3, -0.25) is 19.8 Å². The van der Waals surface area contributed by atoms with Crippen LogP contribution in [0.5, 0.6) is 0 Å². The molecule has 1 aliphatic rings. The zero-order valence-electron chi connectivity index (χ0n) is 13.3. The number of hydrogen-bond acceptors (Lipinski definition) is 5. The van der Waals surface area contributed by atoms with Gasteiger partial charge in [-0.05, 0) is 24.1 Å². The maximum atomic E-state index is 12.3. The number of carbonyl (C=O) groups excluding carboxylic acids is 2. The molecule has 1 aliphatic heterocycles. The van der Waals surface area contributed by atoms with Gasteiger partial charge in [-0.15, -0.1) is 0 Å². The normalized spacial score (nSPS) is 19.9. The van der Waals surface area contributed by atoms with E-state index in [0.29, 0.717) is 18.5 Å². The predicted molar refractivity (Wildman–Crippen MR) is 89.8 cm³/mol. The number of nitro groups is 1. The molecule has 0 radical (unpaired) electrons. The van der Waals surface area contributed by atoms with Gasteiger partial charge in [0.15, 0.2) is 0 Å². The number of alkyl halides is 1. The first kappa shape index (κ1) is 18.2. The Balaban J connectivity index is 1.98. The van der Waals surface area contributed by atoms with Crippen LogP contribution in [0.1, 0.15) is 12.0 Å². The van der Waals surface area contributed by atoms with Gasteiger partial charge in [0, 0.05) is 37.6 Å². The lowest BCUT2D eigenvalue weighted by molar-refractivity contribution is -0.384. The molecule has 1 aromatic carbocycles. The quantitative estimate of drug-likeness (QED) is 0.439. The number of hydrogen-bond donors (Lipinski definition) is 0. The largest absolute Gasteiger partial charge is 0.445 e. The first-order chi connectivity index (χ1) is 11.3. The van der Waals surface area contributed by atoms with Gasteiger partial charge in [0.05, 0.1) is 4.92 Å². The number of nitrogens with zero attached hydrogens (tertiary/aromatic N) is 3. The zero-order valence-corrected chi connectivity index (χ0v) is 14.9. The number of ether oxygens (including phenoxy) is 1. The van der Waals surface area contributed by atoms with E-state index >= 15 is 0 Å². The van der Waals surface area contributed by atoms with Crippen molar-refractivity contribution < 1.29 is 19.2 Å². The molecule has 8 nitrogen and oxygen atoms in total. The van der Waals surface area contributed by atoms with Crippen molar-refractivity contribution in [2.45, 2.75) is 23.9 Å². The maximum absolute atomic E-state index is 12.3. The van der Waals surface area contributed by atoms with Gasteiger partial charge < -0.3 is 9.64 Å². The molecule has 0 bridgehead atoms. The summed E-state index contributed by atoms with van der Waals surface area (Å²) in [7, 11) is 3.29. The third-order valence-corrected chi connectivity index (χ3v) is 4.38. The molecule has 24 heavy (non-hydrogen) atoms. The van der Waals surface area contributed by atoms with Crippen molar-refractivity contribution in [1.29, 1.82) is 0 Å². The van der Waals surface area contributed by atoms with Crippen molar-refractivity contribution in [3.8, 4) is 0 Å². The molecule has 1 heterocycles. The highest BCUT2D eigenvalue weighted by Gasteiger charge is 2.40. The second-order valence-corrected chi connectivity index (χ2v) is 7.01. The Kier molecular flexibility index (Phi) is 5.76. The van der Waals surface area contributed by atoms with E-state index in [-0.39, 0.29) is 23.0 Å². The van der Waals surface area contributed by atoms with Crippen molar-refractivity contribution >= 4 is 33.6 Å². The molecule has 9 heteroatoms. The average Bonchev–Trinajstić information content (AvgIpc) is 2.94. The Morgan fingerprint density at radius 2 is 2.00 bits per heavy atom. The summed E-state index contributed by atoms with van der Waals surface area (Å²) in [6.45, 7) is 0.381. The highest BCUT2D eigenvalue weighted by Crippen LogP contribution is 2.25. The van der Waals surface area contributed by atoms with E-state index in [1.807, 2.05) is 0 Å². The van der Waals surface area contributed by atoms with Crippen molar-refractivity contribution in [3.05, 3.63) is 39.9 Å². The van der Waals surface area contributed by atoms with Crippen LogP contribution in [0.2, 0.25) is 0 Å². The van der Waals surface area contributed by atoms with E-state index in [1.54, 1.807) is 14.1 Å². The summed E-state index contributed by atoms with van der Waals surface area (Å²) in [6, 6.07) is 5.22. The Labute approximate surface area is 147 Å². The molecule has 0 unspecified atom stereocenters. The summed E-state index contributed by atoms with van der Waals surface area (Å²) >= 11 is 3.44. The van der Waals surface area contributed by atoms with Gasteiger partial charge in [0.25, 0.3) is 5.69 Å². The van der Waals surface area contributed by atoms with E-state index < -0.39 is 17.1 Å². The molecule has 130 valence electrons. The van der Waals surface area contributed by atoms with Crippen LogP contribution in [0.25, 0.3) is 0 Å². The monoisotopic (exact) mass is 399 g/mol. The number of nitro benzene ring substituents is 1. The van der Waals surface area contributed by atoms with Crippen LogP contribution in [0, 0.1) is 10.1 Å². The van der Waals surface area contributed by atoms with Crippen molar-refractivity contribution in [1.82, 2.24) is 9.80 Å². The van der Waals surface area contributed by atoms with E-state index in [2.05, 4.69) is 15.9 Å². The number of benzene rings is 1. The number of halogens is 1. The molecule has 0 spiro atoms. The molecule has 1 aromatic rings. The minimum Gasteiger partial charge on any atom is -0.445 e. The SMILES string of the molecule is CN(C)C(=O)[C@@H]1C[C@H](Br)CN1C(=O)OCc1ccc([N+](=O)[O-])cc1. The first-order valence-corrected chi connectivity index (χ1v) is 8.23. The van der Waals surface area contributed by atoms with E-state index in [4.69, 9.17) is 4.74 Å². The fourth-order valence-electron chi connectivity index (χ4n) is 2.46. The molecule has 1 saturated heterocycles. The molecule has 0 aromatic heterocycles. The van der Waals surface area contributed by atoms with Crippen molar-refractivity contribution in [2.75, 3.05) is 20.6 Å². The topological polar surface area (TPSA) is 93.0 Å². The second kappa shape index (κ2) is 7.61. The smallest absolute Gasteiger partial charge is 0.410 e. The third kappa shape index (κ3) is 4.22. The lowest BCUT2D eigenvalue weighted by Crippen LogP contribution is -2.45. The first-order valence-electron chi connectivity index (χ1n) is 7.31. The van der Waals surface area contributed by atoms with E-state index in [1.165, 1.54) is 34.1 Å². The number of carbonyl (C=O) groups is 2. The standard InChI is InChI=1S/C15H18BrN3O5/c1-17(2)14(20)13-7-11(16)8-18(13)15(21)24-9-10-3-5-12(6-4-10)19(22)23/h3-6,11,13H,7-9H2,1-2H3/t11-,13-/m0/s1. The summed E-state index contributed by atoms with van der Waals surface area (Å²) in [4.78, 5) is 37.5. The zero-order chi connectivity index (χ0) is 17.9. The van der Waals surface area contributed by atoms with Crippen LogP contribution in [-0.4, -0.2) is 58.2 Å². The summed E-state index contributed by atoms with van der Waals surface area (Å²) in [5, 5.41) is 10.6. The molecular weight excluding hydrogens is 382 g/mol. The maximum Gasteiger partial charge on any atom is 0.410 e. The molecule has 2 amide bonds. The van der Waals surface area contributed by atoms with Crippen LogP contribution in [0.15, 0.2) is 24.3 Å². The van der Waals surface area contributed by atoms with Crippen molar-refractivity contribution in [2.24, 2.45) is 0 Å². The van der Waals surface area contributed by atoms with Crippen LogP contribution >= 0.6 is 15.9 Å². The Morgan fingerprint density at radius 1 is 1.38 bits per heavy atom. The van der Waals surface area contributed by atoms with Gasteiger partial charge in [-0.2, -0.15) is 0 Å². The fraction of sp³-hybridized carbons (Fsp3) is 0.467. The number of likely N-dealkylation sites (N-methyl/N-ethyl adjacent to an activating group) is 1. The average molecular weight is 400 g/mol. The number of likely N-dealkylation sites (tertiary alicyclic amines) is 1. The molecule has 2 rings (SSSR count). The van der Waals surface area contributed by atoms with Gasteiger partial charge in [0.1, 0.15) is 12.6 Å². The van der Waals surface area contributed by atoms with E-state index in [9.17, 15) is 19.7 Å². The Morgan fingerprint density at radius 3 is 2.54 bits per heavy atom. The highest BCUT2D eigenvalue weighted by molar-refractivity contribution is 9.09. The van der Waals surface area contributed by atoms with Gasteiger partial charge in [-0.1, -0.05) is 15.9 Å². The van der Waals surface area contributed by atoms with Crippen LogP contribution in [0.4, 0.5) is 10.5 Å². The molecular formula is C15H18BrN3O5. The van der Waals surface area contributed by atoms with Crippen LogP contribution in [-0.2, 0) is 16.1 Å². The molecule has 0 N–H and O–H groups in total. The van der Waals surface area contributed by atoms with Crippen molar-refractivity contribution in [3.63, 3.8) is 0 Å². The minimum absolute atomic E-state index is 0.0108. The Hall–Kier alpha value is -2.16.